The van der Waals surface area contributed by atoms with Gasteiger partial charge in [0.05, 0.1) is 51.0 Å². The number of rotatable bonds is 29. The minimum absolute atomic E-state index is 0.00568. The molecule has 0 heterocycles. The lowest BCUT2D eigenvalue weighted by molar-refractivity contribution is -0.139. The first kappa shape index (κ1) is 49.6. The number of aliphatic hydroxyl groups excluding tert-OH is 2. The van der Waals surface area contributed by atoms with E-state index in [0.717, 1.165) is 38.5 Å². The van der Waals surface area contributed by atoms with Gasteiger partial charge in [-0.15, -0.1) is 0 Å². The van der Waals surface area contributed by atoms with Crippen LogP contribution in [0.1, 0.15) is 91.5 Å². The van der Waals surface area contributed by atoms with Crippen LogP contribution in [0.25, 0.3) is 0 Å². The minimum Gasteiger partial charge on any atom is -0.394 e. The van der Waals surface area contributed by atoms with Crippen LogP contribution in [0.3, 0.4) is 0 Å². The van der Waals surface area contributed by atoms with Gasteiger partial charge in [0.2, 0.25) is 29.5 Å². The number of nitrogens with zero attached hydrogens (tertiary/aromatic N) is 1. The molecule has 0 radical (unpaired) electrons. The smallest absolute Gasteiger partial charge is 0.394 e. The number of hydrogen-bond donors (Lipinski definition) is 8. The number of phosphoric ester groups is 1. The summed E-state index contributed by atoms with van der Waals surface area (Å²) in [6.45, 7) is 6.54. The van der Waals surface area contributed by atoms with Crippen LogP contribution < -0.4 is 21.3 Å². The number of carbonyl (C=O) groups is 5. The Kier molecular flexibility index (Phi) is 23.8. The second kappa shape index (κ2) is 26.4. The third-order valence-corrected chi connectivity index (χ3v) is 8.99. The summed E-state index contributed by atoms with van der Waals surface area (Å²) in [6.07, 6.45) is 5.95. The maximum atomic E-state index is 13.3. The second-order valence-corrected chi connectivity index (χ2v) is 15.8. The molecule has 314 valence electrons. The molecule has 0 unspecified atom stereocenters. The molecule has 0 aliphatic rings. The SMILES string of the molecule is CC(C)C[C@H](NC(=O)CN(CCCCCCCCc1ccccc1)C(=O)CCOC(C)(C)CO)C(=O)NCC(=O)N[C@@H](CO)C(=O)NC[C@@H](C)OP(=O)(O)O. The van der Waals surface area contributed by atoms with Crippen molar-refractivity contribution in [3.8, 4) is 0 Å². The highest BCUT2D eigenvalue weighted by Crippen LogP contribution is 2.37. The molecule has 0 fully saturated rings. The van der Waals surface area contributed by atoms with Crippen molar-refractivity contribution < 1.29 is 57.8 Å². The molecule has 0 saturated carbocycles. The van der Waals surface area contributed by atoms with Gasteiger partial charge < -0.3 is 50.9 Å². The lowest BCUT2D eigenvalue weighted by Gasteiger charge is -2.26. The Balaban J connectivity index is 2.74. The molecule has 1 rings (SSSR count). The van der Waals surface area contributed by atoms with Crippen LogP contribution >= 0.6 is 7.82 Å². The van der Waals surface area contributed by atoms with Crippen molar-refractivity contribution in [1.82, 2.24) is 26.2 Å². The summed E-state index contributed by atoms with van der Waals surface area (Å²) in [5, 5.41) is 28.8. The Morgan fingerprint density at radius 3 is 2.04 bits per heavy atom. The standard InChI is InChI=1S/C37H64N5O12P/c1-27(2)21-30(35(48)39-23-32(45)41-31(25-43)36(49)38-22-28(3)54-55(50,51)52)40-33(46)24-42(34(47)18-20-53-37(4,5)26-44)19-14-9-7-6-8-11-15-29-16-12-10-13-17-29/h10,12-13,16-17,27-28,30-31,43-44H,6-9,11,14-15,18-26H2,1-5H3,(H,38,49)(H,39,48)(H,40,46)(H,41,45)(H2,50,51,52)/t28-,30+,31+/m1/s1. The Labute approximate surface area is 324 Å². The summed E-state index contributed by atoms with van der Waals surface area (Å²) >= 11 is 0. The van der Waals surface area contributed by atoms with Crippen molar-refractivity contribution >= 4 is 37.4 Å². The molecule has 5 amide bonds. The summed E-state index contributed by atoms with van der Waals surface area (Å²) in [4.78, 5) is 83.8. The normalized spacial score (nSPS) is 13.4. The lowest BCUT2D eigenvalue weighted by Crippen LogP contribution is -2.54. The predicted molar refractivity (Wildman–Crippen MR) is 205 cm³/mol. The highest BCUT2D eigenvalue weighted by atomic mass is 31.2. The maximum Gasteiger partial charge on any atom is 0.469 e. The topological polar surface area (TPSA) is 253 Å². The average molecular weight is 802 g/mol. The first-order valence-corrected chi connectivity index (χ1v) is 20.4. The van der Waals surface area contributed by atoms with E-state index < -0.39 is 68.4 Å². The van der Waals surface area contributed by atoms with Gasteiger partial charge in [0, 0.05) is 13.1 Å². The number of amides is 5. The third-order valence-electron chi connectivity index (χ3n) is 8.36. The number of ether oxygens (including phenoxy) is 1. The number of benzene rings is 1. The van der Waals surface area contributed by atoms with E-state index in [4.69, 9.17) is 14.5 Å². The first-order chi connectivity index (χ1) is 25.9. The fourth-order valence-corrected chi connectivity index (χ4v) is 5.92. The molecule has 1 aromatic carbocycles. The number of hydrogen-bond acceptors (Lipinski definition) is 10. The van der Waals surface area contributed by atoms with E-state index in [1.807, 2.05) is 32.0 Å². The van der Waals surface area contributed by atoms with Gasteiger partial charge in [-0.2, -0.15) is 0 Å². The summed E-state index contributed by atoms with van der Waals surface area (Å²) in [7, 11) is -4.79. The zero-order valence-electron chi connectivity index (χ0n) is 33.0. The molecule has 3 atom stereocenters. The van der Waals surface area contributed by atoms with Crippen LogP contribution in [0.15, 0.2) is 30.3 Å². The van der Waals surface area contributed by atoms with Gasteiger partial charge in [0.15, 0.2) is 0 Å². The monoisotopic (exact) mass is 801 g/mol. The molecule has 0 bridgehead atoms. The van der Waals surface area contributed by atoms with Gasteiger partial charge in [-0.3, -0.25) is 28.5 Å². The highest BCUT2D eigenvalue weighted by Gasteiger charge is 2.27. The van der Waals surface area contributed by atoms with E-state index in [2.05, 4.69) is 37.9 Å². The van der Waals surface area contributed by atoms with Gasteiger partial charge in [-0.25, -0.2) is 4.57 Å². The molecule has 0 saturated heterocycles. The molecule has 17 nitrogen and oxygen atoms in total. The molecule has 0 spiro atoms. The summed E-state index contributed by atoms with van der Waals surface area (Å²) < 4.78 is 21.0. The number of phosphoric acid groups is 1. The van der Waals surface area contributed by atoms with E-state index in [1.54, 1.807) is 13.8 Å². The number of aliphatic hydroxyl groups is 2. The largest absolute Gasteiger partial charge is 0.469 e. The fourth-order valence-electron chi connectivity index (χ4n) is 5.38. The van der Waals surface area contributed by atoms with Crippen LogP contribution in [0.4, 0.5) is 0 Å². The summed E-state index contributed by atoms with van der Waals surface area (Å²) in [5.41, 5.74) is 0.491. The lowest BCUT2D eigenvalue weighted by atomic mass is 10.0. The average Bonchev–Trinajstić information content (AvgIpc) is 3.11. The van der Waals surface area contributed by atoms with Crippen molar-refractivity contribution in [3.05, 3.63) is 35.9 Å². The van der Waals surface area contributed by atoms with Crippen molar-refractivity contribution in [1.29, 1.82) is 0 Å². The van der Waals surface area contributed by atoms with Crippen LogP contribution in [0, 0.1) is 5.92 Å². The van der Waals surface area contributed by atoms with Crippen molar-refractivity contribution in [2.24, 2.45) is 5.92 Å². The molecule has 8 N–H and O–H groups in total. The van der Waals surface area contributed by atoms with E-state index in [1.165, 1.54) is 17.4 Å². The number of aryl methyl sites for hydroxylation is 1. The molecule has 0 aliphatic carbocycles. The molecule has 0 aliphatic heterocycles. The Morgan fingerprint density at radius 2 is 1.44 bits per heavy atom. The van der Waals surface area contributed by atoms with Gasteiger partial charge in [0.25, 0.3) is 0 Å². The van der Waals surface area contributed by atoms with Gasteiger partial charge >= 0.3 is 7.82 Å². The summed E-state index contributed by atoms with van der Waals surface area (Å²) in [6, 6.07) is 7.84. The van der Waals surface area contributed by atoms with E-state index in [9.17, 15) is 38.8 Å². The summed E-state index contributed by atoms with van der Waals surface area (Å²) in [5.74, 6) is -3.26. The number of nitrogens with one attached hydrogen (secondary N) is 4. The Bertz CT molecular complexity index is 1360. The molecule has 18 heteroatoms. The first-order valence-electron chi connectivity index (χ1n) is 18.9. The third kappa shape index (κ3) is 23.9. The molecular weight excluding hydrogens is 737 g/mol. The van der Waals surface area contributed by atoms with Crippen molar-refractivity contribution in [3.63, 3.8) is 0 Å². The number of carbonyl (C=O) groups excluding carboxylic acids is 5. The van der Waals surface area contributed by atoms with E-state index in [-0.39, 0.29) is 51.0 Å². The Hall–Kier alpha value is -3.44. The second-order valence-electron chi connectivity index (χ2n) is 14.6. The zero-order chi connectivity index (χ0) is 41.4. The van der Waals surface area contributed by atoms with Crippen molar-refractivity contribution in [2.75, 3.05) is 46.0 Å². The molecule has 0 aromatic heterocycles. The predicted octanol–water partition coefficient (Wildman–Crippen LogP) is 1.31. The van der Waals surface area contributed by atoms with Gasteiger partial charge in [-0.05, 0) is 57.9 Å². The maximum absolute atomic E-state index is 13.3. The van der Waals surface area contributed by atoms with E-state index in [0.29, 0.717) is 13.0 Å². The van der Waals surface area contributed by atoms with Crippen molar-refractivity contribution in [2.45, 2.75) is 116 Å². The molecular formula is C37H64N5O12P. The number of unbranched alkanes of at least 4 members (excludes halogenated alkanes) is 5. The van der Waals surface area contributed by atoms with Gasteiger partial charge in [0.1, 0.15) is 12.1 Å². The van der Waals surface area contributed by atoms with Crippen LogP contribution in [0.5, 0.6) is 0 Å². The Morgan fingerprint density at radius 1 is 0.836 bits per heavy atom. The fraction of sp³-hybridized carbons (Fsp3) is 0.703. The van der Waals surface area contributed by atoms with Crippen LogP contribution in [-0.2, 0) is 44.2 Å². The zero-order valence-corrected chi connectivity index (χ0v) is 33.9. The van der Waals surface area contributed by atoms with Gasteiger partial charge in [-0.1, -0.05) is 69.9 Å². The molecule has 1 aromatic rings. The minimum atomic E-state index is -4.79. The van der Waals surface area contributed by atoms with E-state index >= 15 is 0 Å². The molecule has 55 heavy (non-hydrogen) atoms. The quantitative estimate of drug-likeness (QED) is 0.0422. The van der Waals surface area contributed by atoms with Crippen LogP contribution in [0.2, 0.25) is 0 Å². The van der Waals surface area contributed by atoms with Crippen LogP contribution in [-0.4, -0.2) is 124 Å². The highest BCUT2D eigenvalue weighted by molar-refractivity contribution is 7.46.